The zero-order valence-electron chi connectivity index (χ0n) is 24.2. The molecule has 224 valence electrons. The van der Waals surface area contributed by atoms with Gasteiger partial charge in [-0.1, -0.05) is 18.6 Å². The summed E-state index contributed by atoms with van der Waals surface area (Å²) in [4.78, 5) is 33.4. The van der Waals surface area contributed by atoms with Crippen molar-refractivity contribution >= 4 is 40.6 Å². The smallest absolute Gasteiger partial charge is 0.308 e. The standard InChI is InChI=1S/C32H40FN5O3S/c1-3-15-34-21-42-29-19-24(10-13-26(29)33)30(39)36-32-35-27-14-7-22(20-37-16-5-4-6-17-37)18-28(27)38(32)25-11-8-23(9-12-25)31(40)41-2/h3,7,10,13-14,18-19,23,25,34H,1,4-6,8-9,11-12,15-17,20-21H2,2H3,(H,35,36,39). The van der Waals surface area contributed by atoms with Gasteiger partial charge >= 0.3 is 5.97 Å². The van der Waals surface area contributed by atoms with Gasteiger partial charge in [0.2, 0.25) is 5.95 Å². The lowest BCUT2D eigenvalue weighted by atomic mass is 9.86. The van der Waals surface area contributed by atoms with Gasteiger partial charge in [-0.15, -0.1) is 18.3 Å². The summed E-state index contributed by atoms with van der Waals surface area (Å²) >= 11 is 1.30. The summed E-state index contributed by atoms with van der Waals surface area (Å²) < 4.78 is 21.6. The highest BCUT2D eigenvalue weighted by atomic mass is 32.2. The third kappa shape index (κ3) is 7.22. The number of carbonyl (C=O) groups is 2. The largest absolute Gasteiger partial charge is 0.469 e. The molecule has 10 heteroatoms. The van der Waals surface area contributed by atoms with E-state index in [1.165, 1.54) is 55.8 Å². The molecule has 1 saturated carbocycles. The summed E-state index contributed by atoms with van der Waals surface area (Å²) in [5, 5.41) is 6.17. The van der Waals surface area contributed by atoms with Gasteiger partial charge in [-0.25, -0.2) is 9.37 Å². The monoisotopic (exact) mass is 593 g/mol. The molecule has 42 heavy (non-hydrogen) atoms. The Bertz CT molecular complexity index is 1410. The van der Waals surface area contributed by atoms with Gasteiger partial charge < -0.3 is 14.6 Å². The summed E-state index contributed by atoms with van der Waals surface area (Å²) in [5.74, 6) is -0.0108. The Morgan fingerprint density at radius 3 is 2.64 bits per heavy atom. The molecule has 0 bridgehead atoms. The Hall–Kier alpha value is -3.21. The zero-order valence-corrected chi connectivity index (χ0v) is 25.1. The Morgan fingerprint density at radius 2 is 1.90 bits per heavy atom. The first-order valence-electron chi connectivity index (χ1n) is 14.8. The van der Waals surface area contributed by atoms with Gasteiger partial charge in [-0.2, -0.15) is 0 Å². The lowest BCUT2D eigenvalue weighted by Crippen LogP contribution is -2.29. The predicted molar refractivity (Wildman–Crippen MR) is 165 cm³/mol. The van der Waals surface area contributed by atoms with Crippen molar-refractivity contribution < 1.29 is 18.7 Å². The maximum absolute atomic E-state index is 14.5. The molecule has 2 fully saturated rings. The fraction of sp³-hybridized carbons (Fsp3) is 0.469. The number of methoxy groups -OCH3 is 1. The minimum Gasteiger partial charge on any atom is -0.469 e. The van der Waals surface area contributed by atoms with Crippen molar-refractivity contribution in [3.63, 3.8) is 0 Å². The molecule has 3 aromatic rings. The number of benzene rings is 2. The summed E-state index contributed by atoms with van der Waals surface area (Å²) in [6.45, 7) is 7.39. The molecule has 2 aliphatic rings. The number of likely N-dealkylation sites (tertiary alicyclic amines) is 1. The second kappa shape index (κ2) is 14.3. The second-order valence-corrected chi connectivity index (χ2v) is 12.1. The molecule has 0 unspecified atom stereocenters. The van der Waals surface area contributed by atoms with E-state index in [-0.39, 0.29) is 29.7 Å². The molecule has 0 atom stereocenters. The first-order valence-corrected chi connectivity index (χ1v) is 15.8. The lowest BCUT2D eigenvalue weighted by Gasteiger charge is -2.29. The number of imidazole rings is 1. The van der Waals surface area contributed by atoms with Gasteiger partial charge in [0.05, 0.1) is 24.1 Å². The topological polar surface area (TPSA) is 88.5 Å². The molecule has 1 aliphatic heterocycles. The number of piperidine rings is 1. The van der Waals surface area contributed by atoms with E-state index in [4.69, 9.17) is 9.72 Å². The van der Waals surface area contributed by atoms with Gasteiger partial charge in [-0.3, -0.25) is 19.8 Å². The van der Waals surface area contributed by atoms with Crippen molar-refractivity contribution in [3.05, 3.63) is 66.0 Å². The number of aromatic nitrogens is 2. The van der Waals surface area contributed by atoms with Crippen molar-refractivity contribution in [2.75, 3.05) is 37.9 Å². The number of anilines is 1. The number of fused-ring (bicyclic) bond motifs is 1. The van der Waals surface area contributed by atoms with E-state index in [2.05, 4.69) is 38.8 Å². The van der Waals surface area contributed by atoms with Gasteiger partial charge in [0, 0.05) is 35.5 Å². The third-order valence-corrected chi connectivity index (χ3v) is 9.21. The number of halogens is 1. The number of thioether (sulfide) groups is 1. The van der Waals surface area contributed by atoms with E-state index in [0.29, 0.717) is 28.8 Å². The fourth-order valence-electron chi connectivity index (χ4n) is 6.03. The molecule has 0 spiro atoms. The highest BCUT2D eigenvalue weighted by Gasteiger charge is 2.30. The molecule has 1 saturated heterocycles. The quantitative estimate of drug-likeness (QED) is 0.0908. The van der Waals surface area contributed by atoms with E-state index in [1.54, 1.807) is 12.1 Å². The summed E-state index contributed by atoms with van der Waals surface area (Å²) in [6, 6.07) is 10.8. The number of hydrogen-bond donors (Lipinski definition) is 2. The van der Waals surface area contributed by atoms with Gasteiger partial charge in [0.1, 0.15) is 5.82 Å². The summed E-state index contributed by atoms with van der Waals surface area (Å²) in [7, 11) is 1.44. The van der Waals surface area contributed by atoms with Crippen molar-refractivity contribution in [3.8, 4) is 0 Å². The average molecular weight is 594 g/mol. The van der Waals surface area contributed by atoms with Crippen LogP contribution in [0.25, 0.3) is 11.0 Å². The van der Waals surface area contributed by atoms with Crippen LogP contribution in [0.1, 0.15) is 66.9 Å². The average Bonchev–Trinajstić information content (AvgIpc) is 3.37. The highest BCUT2D eigenvalue weighted by Crippen LogP contribution is 2.37. The predicted octanol–water partition coefficient (Wildman–Crippen LogP) is 6.14. The Kier molecular flexibility index (Phi) is 10.3. The molecule has 2 aromatic carbocycles. The minimum absolute atomic E-state index is 0.0757. The van der Waals surface area contributed by atoms with Crippen molar-refractivity contribution in [2.45, 2.75) is 62.4 Å². The molecule has 1 aromatic heterocycles. The normalized spacial score (nSPS) is 19.5. The maximum Gasteiger partial charge on any atom is 0.308 e. The Balaban J connectivity index is 1.41. The molecule has 2 N–H and O–H groups in total. The van der Waals surface area contributed by atoms with E-state index in [0.717, 1.165) is 56.4 Å². The fourth-order valence-corrected chi connectivity index (χ4v) is 6.82. The van der Waals surface area contributed by atoms with Crippen LogP contribution in [0.2, 0.25) is 0 Å². The summed E-state index contributed by atoms with van der Waals surface area (Å²) in [5.41, 5.74) is 3.37. The lowest BCUT2D eigenvalue weighted by molar-refractivity contribution is -0.146. The number of rotatable bonds is 11. The SMILES string of the molecule is C=CCNCSc1cc(C(=O)Nc2nc3ccc(CN4CCCCC4)cc3n2C2CCC(C(=O)OC)CC2)ccc1F. The molecule has 0 radical (unpaired) electrons. The molecule has 8 nitrogen and oxygen atoms in total. The number of nitrogens with zero attached hydrogens (tertiary/aromatic N) is 3. The molecular formula is C32H40FN5O3S. The number of esters is 1. The maximum atomic E-state index is 14.5. The number of amides is 1. The van der Waals surface area contributed by atoms with Gasteiger partial charge in [0.15, 0.2) is 0 Å². The molecule has 1 amide bonds. The van der Waals surface area contributed by atoms with Crippen LogP contribution in [0.5, 0.6) is 0 Å². The molecule has 1 aliphatic carbocycles. The Labute approximate surface area is 251 Å². The molecule has 2 heterocycles. The minimum atomic E-state index is -0.368. The number of carbonyl (C=O) groups excluding carboxylic acids is 2. The van der Waals surface area contributed by atoms with Crippen LogP contribution in [0.4, 0.5) is 10.3 Å². The van der Waals surface area contributed by atoms with Crippen LogP contribution in [0.15, 0.2) is 53.9 Å². The molecule has 5 rings (SSSR count). The number of nitrogens with one attached hydrogen (secondary N) is 2. The highest BCUT2D eigenvalue weighted by molar-refractivity contribution is 7.99. The van der Waals surface area contributed by atoms with E-state index in [9.17, 15) is 14.0 Å². The van der Waals surface area contributed by atoms with Crippen LogP contribution >= 0.6 is 11.8 Å². The van der Waals surface area contributed by atoms with Crippen LogP contribution in [-0.2, 0) is 16.1 Å². The number of hydrogen-bond acceptors (Lipinski definition) is 7. The van der Waals surface area contributed by atoms with Crippen LogP contribution < -0.4 is 10.6 Å². The van der Waals surface area contributed by atoms with Gasteiger partial charge in [0.25, 0.3) is 5.91 Å². The van der Waals surface area contributed by atoms with Gasteiger partial charge in [-0.05, 0) is 87.5 Å². The van der Waals surface area contributed by atoms with Crippen LogP contribution in [0, 0.1) is 11.7 Å². The number of ether oxygens (including phenoxy) is 1. The third-order valence-electron chi connectivity index (χ3n) is 8.24. The van der Waals surface area contributed by atoms with Crippen LogP contribution in [0.3, 0.4) is 0 Å². The van der Waals surface area contributed by atoms with Crippen molar-refractivity contribution in [1.82, 2.24) is 19.8 Å². The van der Waals surface area contributed by atoms with Crippen LogP contribution in [-0.4, -0.2) is 58.9 Å². The van der Waals surface area contributed by atoms with E-state index in [1.807, 2.05) is 6.07 Å². The van der Waals surface area contributed by atoms with E-state index < -0.39 is 0 Å². The van der Waals surface area contributed by atoms with Crippen molar-refractivity contribution in [2.24, 2.45) is 5.92 Å². The first-order chi connectivity index (χ1) is 20.5. The zero-order chi connectivity index (χ0) is 29.5. The summed E-state index contributed by atoms with van der Waals surface area (Å²) in [6.07, 6.45) is 8.49. The first kappa shape index (κ1) is 30.3. The molecular weight excluding hydrogens is 553 g/mol. The van der Waals surface area contributed by atoms with E-state index >= 15 is 0 Å². The second-order valence-electron chi connectivity index (χ2n) is 11.1. The Morgan fingerprint density at radius 1 is 1.12 bits per heavy atom. The van der Waals surface area contributed by atoms with Crippen molar-refractivity contribution in [1.29, 1.82) is 0 Å².